The summed E-state index contributed by atoms with van der Waals surface area (Å²) in [7, 11) is -3.89. The van der Waals surface area contributed by atoms with Crippen LogP contribution in [0.5, 0.6) is 5.75 Å². The van der Waals surface area contributed by atoms with Crippen molar-refractivity contribution in [3.05, 3.63) is 75.6 Å². The average Bonchev–Trinajstić information content (AvgIpc) is 3.38. The SMILES string of the molecule is C[C@H]1Cc2c(COc3ccccc3)nc3c(c2CO1)CN(S(=O)(=O)c1ccc(Cl)c2nonc12)CC3. The third-order valence-electron chi connectivity index (χ3n) is 6.70. The number of pyridine rings is 1. The molecule has 2 aliphatic rings. The topological polar surface area (TPSA) is 108 Å². The molecule has 2 aliphatic heterocycles. The highest BCUT2D eigenvalue weighted by atomic mass is 35.5. The highest BCUT2D eigenvalue weighted by molar-refractivity contribution is 7.89. The maximum Gasteiger partial charge on any atom is 0.245 e. The summed E-state index contributed by atoms with van der Waals surface area (Å²) in [6.45, 7) is 3.26. The molecule has 0 amide bonds. The van der Waals surface area contributed by atoms with Crippen LogP contribution >= 0.6 is 11.6 Å². The molecule has 186 valence electrons. The van der Waals surface area contributed by atoms with Crippen LogP contribution < -0.4 is 4.74 Å². The fraction of sp³-hybridized carbons (Fsp3) is 0.320. The van der Waals surface area contributed by atoms with Crippen LogP contribution in [0.1, 0.15) is 35.0 Å². The maximum atomic E-state index is 13.7. The molecule has 0 spiro atoms. The van der Waals surface area contributed by atoms with Gasteiger partial charge in [-0.15, -0.1) is 0 Å². The largest absolute Gasteiger partial charge is 0.487 e. The number of benzene rings is 2. The summed E-state index contributed by atoms with van der Waals surface area (Å²) in [6, 6.07) is 12.6. The third-order valence-corrected chi connectivity index (χ3v) is 8.88. The van der Waals surface area contributed by atoms with Gasteiger partial charge < -0.3 is 9.47 Å². The van der Waals surface area contributed by atoms with Gasteiger partial charge in [0, 0.05) is 31.6 Å². The smallest absolute Gasteiger partial charge is 0.245 e. The van der Waals surface area contributed by atoms with E-state index in [0.29, 0.717) is 26.1 Å². The molecular formula is C25H23ClN4O5S. The Kier molecular flexibility index (Phi) is 5.91. The van der Waals surface area contributed by atoms with Gasteiger partial charge in [0.25, 0.3) is 0 Å². The lowest BCUT2D eigenvalue weighted by Crippen LogP contribution is -2.38. The zero-order valence-corrected chi connectivity index (χ0v) is 21.1. The first kappa shape index (κ1) is 23.4. The Morgan fingerprint density at radius 1 is 1.08 bits per heavy atom. The third kappa shape index (κ3) is 4.03. The zero-order valence-electron chi connectivity index (χ0n) is 19.5. The van der Waals surface area contributed by atoms with Crippen LogP contribution in [-0.4, -0.2) is 40.7 Å². The first-order valence-electron chi connectivity index (χ1n) is 11.6. The predicted octanol–water partition coefficient (Wildman–Crippen LogP) is 4.06. The number of hydrogen-bond donors (Lipinski definition) is 0. The van der Waals surface area contributed by atoms with Gasteiger partial charge >= 0.3 is 0 Å². The number of rotatable bonds is 5. The maximum absolute atomic E-state index is 13.7. The van der Waals surface area contributed by atoms with Gasteiger partial charge in [-0.1, -0.05) is 29.8 Å². The van der Waals surface area contributed by atoms with Crippen molar-refractivity contribution in [2.24, 2.45) is 0 Å². The molecule has 9 nitrogen and oxygen atoms in total. The van der Waals surface area contributed by atoms with E-state index in [-0.39, 0.29) is 40.1 Å². The highest BCUT2D eigenvalue weighted by Gasteiger charge is 2.35. The van der Waals surface area contributed by atoms with Crippen molar-refractivity contribution in [1.29, 1.82) is 0 Å². The van der Waals surface area contributed by atoms with Gasteiger partial charge in [-0.05, 0) is 58.2 Å². The van der Waals surface area contributed by atoms with Crippen molar-refractivity contribution in [2.45, 2.75) is 50.5 Å². The van der Waals surface area contributed by atoms with Gasteiger partial charge in [-0.25, -0.2) is 13.0 Å². The highest BCUT2D eigenvalue weighted by Crippen LogP contribution is 2.35. The number of para-hydroxylation sites is 1. The van der Waals surface area contributed by atoms with Crippen LogP contribution in [0.2, 0.25) is 5.02 Å². The molecule has 4 aromatic rings. The minimum Gasteiger partial charge on any atom is -0.487 e. The van der Waals surface area contributed by atoms with Crippen molar-refractivity contribution in [1.82, 2.24) is 19.6 Å². The molecule has 11 heteroatoms. The van der Waals surface area contributed by atoms with Gasteiger partial charge in [0.05, 0.1) is 23.4 Å². The average molecular weight is 527 g/mol. The van der Waals surface area contributed by atoms with Crippen LogP contribution in [-0.2, 0) is 47.4 Å². The molecule has 0 radical (unpaired) electrons. The first-order chi connectivity index (χ1) is 17.4. The number of aromatic nitrogens is 3. The predicted molar refractivity (Wildman–Crippen MR) is 131 cm³/mol. The second kappa shape index (κ2) is 9.11. The van der Waals surface area contributed by atoms with Gasteiger partial charge in [0.15, 0.2) is 11.0 Å². The number of nitrogens with zero attached hydrogens (tertiary/aromatic N) is 4. The van der Waals surface area contributed by atoms with Crippen molar-refractivity contribution in [2.75, 3.05) is 6.54 Å². The molecule has 0 aliphatic carbocycles. The molecule has 4 heterocycles. The Morgan fingerprint density at radius 2 is 1.89 bits per heavy atom. The van der Waals surface area contributed by atoms with Crippen LogP contribution in [0, 0.1) is 0 Å². The first-order valence-corrected chi connectivity index (χ1v) is 13.5. The number of halogens is 1. The van der Waals surface area contributed by atoms with E-state index in [4.69, 9.17) is 30.7 Å². The number of fused-ring (bicyclic) bond motifs is 4. The van der Waals surface area contributed by atoms with E-state index in [2.05, 4.69) is 10.3 Å². The van der Waals surface area contributed by atoms with Gasteiger partial charge in [-0.3, -0.25) is 4.98 Å². The van der Waals surface area contributed by atoms with E-state index >= 15 is 0 Å². The Balaban J connectivity index is 1.35. The van der Waals surface area contributed by atoms with E-state index in [0.717, 1.165) is 33.8 Å². The standard InChI is InChI=1S/C25H23ClN4O5S/c1-15-11-17-19(13-33-15)18-12-30(36(31,32)23-8-7-20(26)24-25(23)29-35-28-24)10-9-21(18)27-22(17)14-34-16-5-3-2-4-6-16/h2-8,15H,9-14H2,1H3/t15-/m0/s1. The molecule has 0 bridgehead atoms. The molecule has 0 unspecified atom stereocenters. The van der Waals surface area contributed by atoms with Crippen molar-refractivity contribution >= 4 is 32.7 Å². The molecule has 2 aromatic carbocycles. The number of ether oxygens (including phenoxy) is 2. The summed E-state index contributed by atoms with van der Waals surface area (Å²) < 4.78 is 45.6. The van der Waals surface area contributed by atoms with Crippen LogP contribution in [0.4, 0.5) is 0 Å². The fourth-order valence-electron chi connectivity index (χ4n) is 4.85. The lowest BCUT2D eigenvalue weighted by Gasteiger charge is -2.33. The zero-order chi connectivity index (χ0) is 24.9. The molecule has 0 saturated heterocycles. The lowest BCUT2D eigenvalue weighted by molar-refractivity contribution is 0.0391. The summed E-state index contributed by atoms with van der Waals surface area (Å²) in [4.78, 5) is 4.98. The van der Waals surface area contributed by atoms with E-state index in [1.165, 1.54) is 16.4 Å². The molecule has 0 fully saturated rings. The van der Waals surface area contributed by atoms with Gasteiger partial charge in [0.2, 0.25) is 10.0 Å². The van der Waals surface area contributed by atoms with E-state index in [9.17, 15) is 8.42 Å². The monoisotopic (exact) mass is 526 g/mol. The Labute approximate surface area is 213 Å². The normalized spacial score (nSPS) is 18.1. The lowest BCUT2D eigenvalue weighted by atomic mass is 9.91. The van der Waals surface area contributed by atoms with E-state index in [1.807, 2.05) is 37.3 Å². The molecule has 36 heavy (non-hydrogen) atoms. The van der Waals surface area contributed by atoms with Crippen molar-refractivity contribution in [3.63, 3.8) is 0 Å². The molecule has 1 atom stereocenters. The van der Waals surface area contributed by atoms with Crippen LogP contribution in [0.3, 0.4) is 0 Å². The molecule has 0 N–H and O–H groups in total. The second-order valence-corrected chi connectivity index (χ2v) is 11.3. The van der Waals surface area contributed by atoms with Gasteiger partial charge in [-0.2, -0.15) is 4.31 Å². The van der Waals surface area contributed by atoms with Crippen LogP contribution in [0.15, 0.2) is 52.0 Å². The molecule has 0 saturated carbocycles. The molecule has 6 rings (SSSR count). The van der Waals surface area contributed by atoms with Crippen molar-refractivity contribution < 1.29 is 22.5 Å². The van der Waals surface area contributed by atoms with E-state index in [1.54, 1.807) is 0 Å². The minimum absolute atomic E-state index is 0.0196. The summed E-state index contributed by atoms with van der Waals surface area (Å²) >= 11 is 6.14. The molecule has 2 aromatic heterocycles. The van der Waals surface area contributed by atoms with Crippen LogP contribution in [0.25, 0.3) is 11.0 Å². The Bertz CT molecular complexity index is 1560. The number of hydrogen-bond acceptors (Lipinski definition) is 8. The van der Waals surface area contributed by atoms with E-state index < -0.39 is 10.0 Å². The Hall–Kier alpha value is -3.05. The number of sulfonamides is 1. The molecular weight excluding hydrogens is 504 g/mol. The second-order valence-electron chi connectivity index (χ2n) is 8.96. The summed E-state index contributed by atoms with van der Waals surface area (Å²) in [5.41, 5.74) is 5.10. The quantitative estimate of drug-likeness (QED) is 0.383. The van der Waals surface area contributed by atoms with Gasteiger partial charge in [0.1, 0.15) is 17.3 Å². The van der Waals surface area contributed by atoms with Crippen molar-refractivity contribution in [3.8, 4) is 5.75 Å². The fourth-order valence-corrected chi connectivity index (χ4v) is 6.56. The minimum atomic E-state index is -3.89. The Morgan fingerprint density at radius 3 is 2.72 bits per heavy atom. The summed E-state index contributed by atoms with van der Waals surface area (Å²) in [5.74, 6) is 0.778. The summed E-state index contributed by atoms with van der Waals surface area (Å²) in [5, 5.41) is 7.83. The summed E-state index contributed by atoms with van der Waals surface area (Å²) in [6.07, 6.45) is 1.21.